The molecule has 0 unspecified atom stereocenters. The number of carbonyl (C=O) groups excluding carboxylic acids is 3. The summed E-state index contributed by atoms with van der Waals surface area (Å²) in [5, 5.41) is 0. The highest BCUT2D eigenvalue weighted by molar-refractivity contribution is 6.06. The van der Waals surface area contributed by atoms with Gasteiger partial charge in [0.25, 0.3) is 0 Å². The smallest absolute Gasteiger partial charge is 0.319 e. The molecule has 1 aliphatic rings. The van der Waals surface area contributed by atoms with Crippen molar-refractivity contribution in [2.45, 2.75) is 46.5 Å². The Morgan fingerprint density at radius 1 is 1.47 bits per heavy atom. The summed E-state index contributed by atoms with van der Waals surface area (Å²) in [7, 11) is 0. The molecule has 0 heterocycles. The third kappa shape index (κ3) is 2.56. The van der Waals surface area contributed by atoms with Gasteiger partial charge in [0.05, 0.1) is 6.61 Å². The molecule has 0 aromatic carbocycles. The number of esters is 1. The molecule has 0 N–H and O–H groups in total. The van der Waals surface area contributed by atoms with Gasteiger partial charge < -0.3 is 9.53 Å². The first-order valence-electron chi connectivity index (χ1n) is 6.15. The molecule has 4 nitrogen and oxygen atoms in total. The van der Waals surface area contributed by atoms with Crippen LogP contribution in [0.2, 0.25) is 0 Å². The molecule has 0 aromatic heterocycles. The molecular formula is C13H20O4. The molecule has 0 aromatic rings. The van der Waals surface area contributed by atoms with E-state index in [1.165, 1.54) is 6.92 Å². The molecule has 1 aliphatic carbocycles. The summed E-state index contributed by atoms with van der Waals surface area (Å²) in [6.07, 6.45) is 1.89. The molecule has 1 rings (SSSR count). The van der Waals surface area contributed by atoms with Crippen LogP contribution in [0.25, 0.3) is 0 Å². The zero-order valence-corrected chi connectivity index (χ0v) is 10.7. The predicted octanol–water partition coefficient (Wildman–Crippen LogP) is 1.90. The Morgan fingerprint density at radius 3 is 2.53 bits per heavy atom. The van der Waals surface area contributed by atoms with E-state index in [1.54, 1.807) is 13.8 Å². The number of hydrogen-bond donors (Lipinski definition) is 0. The zero-order chi connectivity index (χ0) is 13.1. The van der Waals surface area contributed by atoms with E-state index < -0.39 is 11.4 Å². The monoisotopic (exact) mass is 240 g/mol. The minimum atomic E-state index is -1.07. The topological polar surface area (TPSA) is 60.4 Å². The molecule has 1 saturated carbocycles. The van der Waals surface area contributed by atoms with Crippen molar-refractivity contribution in [2.24, 2.45) is 11.3 Å². The Bertz CT molecular complexity index is 334. The van der Waals surface area contributed by atoms with Crippen LogP contribution in [0.15, 0.2) is 0 Å². The summed E-state index contributed by atoms with van der Waals surface area (Å²) in [6, 6.07) is 0. The molecule has 0 saturated heterocycles. The van der Waals surface area contributed by atoms with Crippen LogP contribution in [0.4, 0.5) is 0 Å². The zero-order valence-electron chi connectivity index (χ0n) is 10.7. The van der Waals surface area contributed by atoms with Crippen molar-refractivity contribution in [1.29, 1.82) is 0 Å². The van der Waals surface area contributed by atoms with Crippen LogP contribution in [0.1, 0.15) is 46.5 Å². The average Bonchev–Trinajstić information content (AvgIpc) is 2.60. The highest BCUT2D eigenvalue weighted by Crippen LogP contribution is 2.44. The Morgan fingerprint density at radius 2 is 2.12 bits per heavy atom. The maximum atomic E-state index is 12.0. The number of rotatable bonds is 5. The molecule has 2 atom stereocenters. The second kappa shape index (κ2) is 5.43. The van der Waals surface area contributed by atoms with E-state index in [-0.39, 0.29) is 30.5 Å². The van der Waals surface area contributed by atoms with E-state index in [9.17, 15) is 14.4 Å². The molecular weight excluding hydrogens is 220 g/mol. The molecule has 4 heteroatoms. The lowest BCUT2D eigenvalue weighted by molar-refractivity contribution is -0.162. The highest BCUT2D eigenvalue weighted by Gasteiger charge is 2.53. The SMILES string of the molecule is CCOC(=O)[C@]1([C@H](C)CC(C)=O)CCCC1=O. The first-order valence-corrected chi connectivity index (χ1v) is 6.15. The summed E-state index contributed by atoms with van der Waals surface area (Å²) < 4.78 is 5.03. The summed E-state index contributed by atoms with van der Waals surface area (Å²) >= 11 is 0. The second-order valence-corrected chi connectivity index (χ2v) is 4.78. The van der Waals surface area contributed by atoms with Gasteiger partial charge in [-0.1, -0.05) is 6.92 Å². The summed E-state index contributed by atoms with van der Waals surface area (Å²) in [4.78, 5) is 35.2. The van der Waals surface area contributed by atoms with E-state index >= 15 is 0 Å². The van der Waals surface area contributed by atoms with Crippen LogP contribution in [0.5, 0.6) is 0 Å². The molecule has 0 spiro atoms. The van der Waals surface area contributed by atoms with Crippen molar-refractivity contribution in [3.05, 3.63) is 0 Å². The molecule has 1 fully saturated rings. The molecule has 0 aliphatic heterocycles. The van der Waals surface area contributed by atoms with E-state index in [4.69, 9.17) is 4.74 Å². The molecule has 17 heavy (non-hydrogen) atoms. The third-order valence-corrected chi connectivity index (χ3v) is 3.55. The predicted molar refractivity (Wildman–Crippen MR) is 62.4 cm³/mol. The summed E-state index contributed by atoms with van der Waals surface area (Å²) in [5.41, 5.74) is -1.07. The fourth-order valence-corrected chi connectivity index (χ4v) is 2.69. The van der Waals surface area contributed by atoms with Gasteiger partial charge in [-0.15, -0.1) is 0 Å². The van der Waals surface area contributed by atoms with Crippen LogP contribution in [-0.2, 0) is 19.1 Å². The molecule has 0 bridgehead atoms. The van der Waals surface area contributed by atoms with Gasteiger partial charge in [0.2, 0.25) is 0 Å². The molecule has 0 amide bonds. The lowest BCUT2D eigenvalue weighted by atomic mass is 9.72. The average molecular weight is 240 g/mol. The Hall–Kier alpha value is -1.19. The first kappa shape index (κ1) is 13.9. The number of Topliss-reactive ketones (excluding diaryl/α,β-unsaturated/α-hetero) is 2. The van der Waals surface area contributed by atoms with Crippen LogP contribution < -0.4 is 0 Å². The van der Waals surface area contributed by atoms with Crippen LogP contribution >= 0.6 is 0 Å². The van der Waals surface area contributed by atoms with Crippen LogP contribution in [0.3, 0.4) is 0 Å². The molecule has 0 radical (unpaired) electrons. The van der Waals surface area contributed by atoms with Crippen molar-refractivity contribution >= 4 is 17.5 Å². The van der Waals surface area contributed by atoms with Gasteiger partial charge in [-0.3, -0.25) is 9.59 Å². The maximum absolute atomic E-state index is 12.0. The number of hydrogen-bond acceptors (Lipinski definition) is 4. The van der Waals surface area contributed by atoms with Gasteiger partial charge >= 0.3 is 5.97 Å². The van der Waals surface area contributed by atoms with Crippen molar-refractivity contribution in [3.8, 4) is 0 Å². The highest BCUT2D eigenvalue weighted by atomic mass is 16.5. The largest absolute Gasteiger partial charge is 0.465 e. The minimum Gasteiger partial charge on any atom is -0.465 e. The van der Waals surface area contributed by atoms with Gasteiger partial charge in [0.1, 0.15) is 17.0 Å². The molecule has 96 valence electrons. The second-order valence-electron chi connectivity index (χ2n) is 4.78. The quantitative estimate of drug-likeness (QED) is 0.544. The Kier molecular flexibility index (Phi) is 4.43. The maximum Gasteiger partial charge on any atom is 0.319 e. The van der Waals surface area contributed by atoms with Gasteiger partial charge in [0.15, 0.2) is 0 Å². The normalized spacial score (nSPS) is 25.7. The van der Waals surface area contributed by atoms with Gasteiger partial charge in [-0.2, -0.15) is 0 Å². The van der Waals surface area contributed by atoms with Gasteiger partial charge in [-0.25, -0.2) is 0 Å². The number of ketones is 2. The number of carbonyl (C=O) groups is 3. The van der Waals surface area contributed by atoms with E-state index in [0.29, 0.717) is 19.3 Å². The van der Waals surface area contributed by atoms with E-state index in [2.05, 4.69) is 0 Å². The van der Waals surface area contributed by atoms with Gasteiger partial charge in [0, 0.05) is 12.8 Å². The summed E-state index contributed by atoms with van der Waals surface area (Å²) in [6.45, 7) is 5.26. The van der Waals surface area contributed by atoms with Crippen molar-refractivity contribution in [2.75, 3.05) is 6.61 Å². The lowest BCUT2D eigenvalue weighted by Crippen LogP contribution is -2.43. The Labute approximate surface area is 102 Å². The van der Waals surface area contributed by atoms with Crippen molar-refractivity contribution in [3.63, 3.8) is 0 Å². The van der Waals surface area contributed by atoms with Crippen molar-refractivity contribution < 1.29 is 19.1 Å². The van der Waals surface area contributed by atoms with E-state index in [1.807, 2.05) is 0 Å². The standard InChI is InChI=1S/C13H20O4/c1-4-17-12(16)13(7-5-6-11(13)15)9(2)8-10(3)14/h9H,4-8H2,1-3H3/t9-,13+/m1/s1. The first-order chi connectivity index (χ1) is 7.95. The van der Waals surface area contributed by atoms with E-state index in [0.717, 1.165) is 0 Å². The fraction of sp³-hybridized carbons (Fsp3) is 0.769. The van der Waals surface area contributed by atoms with Crippen LogP contribution in [0, 0.1) is 11.3 Å². The third-order valence-electron chi connectivity index (χ3n) is 3.55. The Balaban J connectivity index is 2.97. The fourth-order valence-electron chi connectivity index (χ4n) is 2.69. The summed E-state index contributed by atoms with van der Waals surface area (Å²) in [5.74, 6) is -0.782. The van der Waals surface area contributed by atoms with Crippen molar-refractivity contribution in [1.82, 2.24) is 0 Å². The lowest BCUT2D eigenvalue weighted by Gasteiger charge is -2.30. The minimum absolute atomic E-state index is 0.000809. The van der Waals surface area contributed by atoms with Gasteiger partial charge in [-0.05, 0) is 32.6 Å². The number of ether oxygens (including phenoxy) is 1. The van der Waals surface area contributed by atoms with Crippen LogP contribution in [-0.4, -0.2) is 24.1 Å².